The molecule has 5 heteroatoms. The minimum absolute atomic E-state index is 0.0184. The van der Waals surface area contributed by atoms with Gasteiger partial charge in [0.2, 0.25) is 0 Å². The normalized spacial score (nSPS) is 11.9. The molecule has 0 amide bonds. The van der Waals surface area contributed by atoms with Crippen molar-refractivity contribution in [2.24, 2.45) is 0 Å². The van der Waals surface area contributed by atoms with E-state index in [0.29, 0.717) is 0 Å². The van der Waals surface area contributed by atoms with Gasteiger partial charge in [0, 0.05) is 0 Å². The molecule has 5 nitrogen and oxygen atoms in total. The number of carbonyl (C=O) groups is 1. The van der Waals surface area contributed by atoms with E-state index in [1.807, 2.05) is 13.8 Å². The fourth-order valence-corrected chi connectivity index (χ4v) is 0.697. The van der Waals surface area contributed by atoms with Gasteiger partial charge in [-0.15, -0.1) is 0 Å². The molecule has 0 spiro atoms. The standard InChI is InChI=1S/C9H20N2O3/c1-7(2)13-6-14-8(12)9(3,10-4)11-5/h7,10-11H,6H2,1-5H3. The molecule has 0 fully saturated rings. The molecule has 0 heterocycles. The Morgan fingerprint density at radius 2 is 1.86 bits per heavy atom. The average molecular weight is 204 g/mol. The Morgan fingerprint density at radius 3 is 2.21 bits per heavy atom. The highest BCUT2D eigenvalue weighted by Crippen LogP contribution is 2.01. The zero-order chi connectivity index (χ0) is 11.2. The minimum Gasteiger partial charge on any atom is -0.436 e. The summed E-state index contributed by atoms with van der Waals surface area (Å²) >= 11 is 0. The molecule has 0 unspecified atom stereocenters. The Labute approximate surface area is 85.1 Å². The van der Waals surface area contributed by atoms with Crippen molar-refractivity contribution in [3.05, 3.63) is 0 Å². The van der Waals surface area contributed by atoms with Crippen LogP contribution in [0, 0.1) is 0 Å². The molecule has 0 saturated heterocycles. The van der Waals surface area contributed by atoms with Crippen LogP contribution in [0.2, 0.25) is 0 Å². The van der Waals surface area contributed by atoms with Gasteiger partial charge in [-0.2, -0.15) is 0 Å². The predicted molar refractivity (Wildman–Crippen MR) is 53.7 cm³/mol. The minimum atomic E-state index is -0.861. The molecule has 0 aromatic rings. The molecule has 0 atom stereocenters. The molecule has 84 valence electrons. The summed E-state index contributed by atoms with van der Waals surface area (Å²) in [4.78, 5) is 11.5. The molecule has 0 aromatic heterocycles. The highest BCUT2D eigenvalue weighted by molar-refractivity contribution is 5.79. The van der Waals surface area contributed by atoms with Crippen LogP contribution < -0.4 is 10.6 Å². The summed E-state index contributed by atoms with van der Waals surface area (Å²) in [6, 6.07) is 0. The fraction of sp³-hybridized carbons (Fsp3) is 0.889. The van der Waals surface area contributed by atoms with Crippen LogP contribution in [0.25, 0.3) is 0 Å². The monoisotopic (exact) mass is 204 g/mol. The maximum Gasteiger partial charge on any atom is 0.343 e. The maximum absolute atomic E-state index is 11.5. The molecule has 0 radical (unpaired) electrons. The number of likely N-dealkylation sites (N-methyl/N-ethyl adjacent to an activating group) is 2. The van der Waals surface area contributed by atoms with Gasteiger partial charge in [-0.3, -0.25) is 10.6 Å². The van der Waals surface area contributed by atoms with E-state index < -0.39 is 5.66 Å². The Balaban J connectivity index is 3.94. The number of nitrogens with one attached hydrogen (secondary N) is 2. The number of ether oxygens (including phenoxy) is 2. The first-order valence-corrected chi connectivity index (χ1v) is 4.63. The van der Waals surface area contributed by atoms with Crippen molar-refractivity contribution in [2.75, 3.05) is 20.9 Å². The molecule has 0 rings (SSSR count). The van der Waals surface area contributed by atoms with E-state index in [-0.39, 0.29) is 18.9 Å². The first-order valence-electron chi connectivity index (χ1n) is 4.63. The molecule has 2 N–H and O–H groups in total. The third-order valence-electron chi connectivity index (χ3n) is 2.00. The van der Waals surface area contributed by atoms with Crippen LogP contribution in [-0.2, 0) is 14.3 Å². The molecule has 0 aromatic carbocycles. The van der Waals surface area contributed by atoms with Gasteiger partial charge in [0.05, 0.1) is 6.10 Å². The van der Waals surface area contributed by atoms with E-state index in [2.05, 4.69) is 10.6 Å². The van der Waals surface area contributed by atoms with Gasteiger partial charge in [0.15, 0.2) is 12.5 Å². The summed E-state index contributed by atoms with van der Waals surface area (Å²) in [7, 11) is 3.36. The van der Waals surface area contributed by atoms with Crippen molar-refractivity contribution in [2.45, 2.75) is 32.5 Å². The molecule has 0 saturated carbocycles. The van der Waals surface area contributed by atoms with Gasteiger partial charge >= 0.3 is 5.97 Å². The van der Waals surface area contributed by atoms with E-state index in [1.54, 1.807) is 21.0 Å². The Kier molecular flexibility index (Phi) is 5.68. The van der Waals surface area contributed by atoms with Crippen molar-refractivity contribution in [1.29, 1.82) is 0 Å². The Bertz CT molecular complexity index is 179. The number of hydrogen-bond acceptors (Lipinski definition) is 5. The lowest BCUT2D eigenvalue weighted by Gasteiger charge is -2.26. The van der Waals surface area contributed by atoms with Crippen molar-refractivity contribution in [3.63, 3.8) is 0 Å². The van der Waals surface area contributed by atoms with Crippen molar-refractivity contribution < 1.29 is 14.3 Å². The summed E-state index contributed by atoms with van der Waals surface area (Å²) in [6.45, 7) is 5.44. The van der Waals surface area contributed by atoms with Crippen molar-refractivity contribution >= 4 is 5.97 Å². The van der Waals surface area contributed by atoms with Crippen LogP contribution in [0.4, 0.5) is 0 Å². The third kappa shape index (κ3) is 4.04. The van der Waals surface area contributed by atoms with Gasteiger partial charge in [-0.25, -0.2) is 4.79 Å². The highest BCUT2D eigenvalue weighted by Gasteiger charge is 2.30. The zero-order valence-electron chi connectivity index (χ0n) is 9.51. The number of carbonyl (C=O) groups excluding carboxylic acids is 1. The van der Waals surface area contributed by atoms with Gasteiger partial charge < -0.3 is 9.47 Å². The summed E-state index contributed by atoms with van der Waals surface area (Å²) in [5.41, 5.74) is -0.861. The fourth-order valence-electron chi connectivity index (χ4n) is 0.697. The quantitative estimate of drug-likeness (QED) is 0.473. The number of esters is 1. The molecule has 14 heavy (non-hydrogen) atoms. The second kappa shape index (κ2) is 5.95. The summed E-state index contributed by atoms with van der Waals surface area (Å²) in [6.07, 6.45) is 0.0539. The third-order valence-corrected chi connectivity index (χ3v) is 2.00. The van der Waals surface area contributed by atoms with Crippen LogP contribution in [0.1, 0.15) is 20.8 Å². The number of hydrogen-bond donors (Lipinski definition) is 2. The second-order valence-electron chi connectivity index (χ2n) is 3.39. The topological polar surface area (TPSA) is 59.6 Å². The average Bonchev–Trinajstić information content (AvgIpc) is 2.15. The molecule has 0 bridgehead atoms. The molecular formula is C9H20N2O3. The lowest BCUT2D eigenvalue weighted by atomic mass is 10.2. The molecule has 0 aliphatic heterocycles. The van der Waals surface area contributed by atoms with Crippen LogP contribution >= 0.6 is 0 Å². The maximum atomic E-state index is 11.5. The predicted octanol–water partition coefficient (Wildman–Crippen LogP) is 0.0671. The first kappa shape index (κ1) is 13.4. The first-order chi connectivity index (χ1) is 6.46. The second-order valence-corrected chi connectivity index (χ2v) is 3.39. The molecule has 0 aliphatic carbocycles. The van der Waals surface area contributed by atoms with E-state index >= 15 is 0 Å². The van der Waals surface area contributed by atoms with E-state index in [4.69, 9.17) is 9.47 Å². The molecule has 0 aliphatic rings. The lowest BCUT2D eigenvalue weighted by Crippen LogP contribution is -2.58. The van der Waals surface area contributed by atoms with Gasteiger partial charge in [0.1, 0.15) is 0 Å². The smallest absolute Gasteiger partial charge is 0.343 e. The van der Waals surface area contributed by atoms with Gasteiger partial charge in [-0.1, -0.05) is 0 Å². The summed E-state index contributed by atoms with van der Waals surface area (Å²) < 4.78 is 10.0. The Hall–Kier alpha value is -0.650. The highest BCUT2D eigenvalue weighted by atomic mass is 16.7. The van der Waals surface area contributed by atoms with Gasteiger partial charge in [0.25, 0.3) is 0 Å². The Morgan fingerprint density at radius 1 is 1.36 bits per heavy atom. The van der Waals surface area contributed by atoms with Crippen LogP contribution in [0.5, 0.6) is 0 Å². The van der Waals surface area contributed by atoms with Crippen LogP contribution in [0.15, 0.2) is 0 Å². The number of rotatable bonds is 6. The van der Waals surface area contributed by atoms with Crippen LogP contribution in [-0.4, -0.2) is 38.6 Å². The van der Waals surface area contributed by atoms with E-state index in [0.717, 1.165) is 0 Å². The zero-order valence-corrected chi connectivity index (χ0v) is 9.51. The summed E-state index contributed by atoms with van der Waals surface area (Å²) in [5.74, 6) is -0.386. The van der Waals surface area contributed by atoms with Crippen molar-refractivity contribution in [1.82, 2.24) is 10.6 Å². The van der Waals surface area contributed by atoms with Crippen LogP contribution in [0.3, 0.4) is 0 Å². The van der Waals surface area contributed by atoms with E-state index in [9.17, 15) is 4.79 Å². The SMILES string of the molecule is CNC(C)(NC)C(=O)OCOC(C)C. The molecular weight excluding hydrogens is 184 g/mol. The van der Waals surface area contributed by atoms with Crippen molar-refractivity contribution in [3.8, 4) is 0 Å². The lowest BCUT2D eigenvalue weighted by molar-refractivity contribution is -0.167. The summed E-state index contributed by atoms with van der Waals surface area (Å²) in [5, 5.41) is 5.65. The van der Waals surface area contributed by atoms with Gasteiger partial charge in [-0.05, 0) is 34.9 Å². The largest absolute Gasteiger partial charge is 0.436 e. The van der Waals surface area contributed by atoms with E-state index in [1.165, 1.54) is 0 Å².